The zero-order chi connectivity index (χ0) is 8.97. The molecule has 0 fully saturated rings. The summed E-state index contributed by atoms with van der Waals surface area (Å²) in [5, 5.41) is 1.00. The van der Waals surface area contributed by atoms with Crippen molar-refractivity contribution in [2.75, 3.05) is 6.61 Å². The Balaban J connectivity index is 2.72. The molecule has 1 rings (SSSR count). The van der Waals surface area contributed by atoms with Gasteiger partial charge in [0.15, 0.2) is 0 Å². The van der Waals surface area contributed by atoms with Crippen LogP contribution in [-0.2, 0) is 11.3 Å². The molecule has 0 aliphatic carbocycles. The number of nitrogens with zero attached hydrogens (tertiary/aromatic N) is 1. The number of hydrogen-bond donors (Lipinski definition) is 0. The number of pyridine rings is 1. The van der Waals surface area contributed by atoms with Gasteiger partial charge in [0, 0.05) is 18.4 Å². The highest BCUT2D eigenvalue weighted by atomic mass is 35.5. The van der Waals surface area contributed by atoms with Crippen LogP contribution in [0.5, 0.6) is 0 Å². The molecule has 0 unspecified atom stereocenters. The largest absolute Gasteiger partial charge is 0.377 e. The predicted octanol–water partition coefficient (Wildman–Crippen LogP) is 2.92. The molecule has 0 aliphatic rings. The summed E-state index contributed by atoms with van der Waals surface area (Å²) in [5.41, 5.74) is 0.864. The van der Waals surface area contributed by atoms with E-state index in [4.69, 9.17) is 27.9 Å². The first-order chi connectivity index (χ1) is 5.74. The quantitative estimate of drug-likeness (QED) is 0.709. The van der Waals surface area contributed by atoms with Crippen LogP contribution in [0.2, 0.25) is 10.2 Å². The maximum Gasteiger partial charge on any atom is 0.130 e. The summed E-state index contributed by atoms with van der Waals surface area (Å²) in [6.45, 7) is 3.08. The predicted molar refractivity (Wildman–Crippen MR) is 49.6 cm³/mol. The third kappa shape index (κ3) is 2.63. The maximum absolute atomic E-state index is 5.86. The molecule has 1 aromatic heterocycles. The van der Waals surface area contributed by atoms with Gasteiger partial charge in [-0.25, -0.2) is 4.98 Å². The van der Waals surface area contributed by atoms with Crippen LogP contribution in [0.3, 0.4) is 0 Å². The first-order valence-electron chi connectivity index (χ1n) is 3.61. The average Bonchev–Trinajstić information content (AvgIpc) is 2.03. The molecule has 0 saturated heterocycles. The third-order valence-corrected chi connectivity index (χ3v) is 1.92. The second-order valence-electron chi connectivity index (χ2n) is 2.24. The topological polar surface area (TPSA) is 22.1 Å². The lowest BCUT2D eigenvalue weighted by molar-refractivity contribution is 0.134. The van der Waals surface area contributed by atoms with Gasteiger partial charge in [0.2, 0.25) is 0 Å². The van der Waals surface area contributed by atoms with Gasteiger partial charge >= 0.3 is 0 Å². The summed E-state index contributed by atoms with van der Waals surface area (Å²) in [6, 6.07) is 1.61. The second-order valence-corrected chi connectivity index (χ2v) is 3.03. The Morgan fingerprint density at radius 1 is 1.50 bits per heavy atom. The van der Waals surface area contributed by atoms with Crippen molar-refractivity contribution in [2.24, 2.45) is 0 Å². The van der Waals surface area contributed by atoms with Crippen LogP contribution in [0, 0.1) is 0 Å². The highest BCUT2D eigenvalue weighted by molar-refractivity contribution is 6.34. The van der Waals surface area contributed by atoms with E-state index >= 15 is 0 Å². The first kappa shape index (κ1) is 9.78. The van der Waals surface area contributed by atoms with Gasteiger partial charge in [-0.1, -0.05) is 23.2 Å². The van der Waals surface area contributed by atoms with Crippen molar-refractivity contribution in [3.8, 4) is 0 Å². The van der Waals surface area contributed by atoms with E-state index in [1.54, 1.807) is 12.3 Å². The monoisotopic (exact) mass is 205 g/mol. The molecule has 4 heteroatoms. The van der Waals surface area contributed by atoms with Gasteiger partial charge in [0.05, 0.1) is 11.6 Å². The standard InChI is InChI=1S/C8H9Cl2NO/c1-2-12-5-6-4-11-8(10)3-7(6)9/h3-4H,2,5H2,1H3. The molecule has 0 aliphatic heterocycles. The summed E-state index contributed by atoms with van der Waals surface area (Å²) in [5.74, 6) is 0. The minimum Gasteiger partial charge on any atom is -0.377 e. The van der Waals surface area contributed by atoms with Crippen molar-refractivity contribution in [1.82, 2.24) is 4.98 Å². The molecule has 0 radical (unpaired) electrons. The normalized spacial score (nSPS) is 10.2. The summed E-state index contributed by atoms with van der Waals surface area (Å²) >= 11 is 11.5. The van der Waals surface area contributed by atoms with E-state index < -0.39 is 0 Å². The SMILES string of the molecule is CCOCc1cnc(Cl)cc1Cl. The van der Waals surface area contributed by atoms with E-state index in [-0.39, 0.29) is 0 Å². The Morgan fingerprint density at radius 3 is 2.83 bits per heavy atom. The number of rotatable bonds is 3. The third-order valence-electron chi connectivity index (χ3n) is 1.36. The molecule has 0 N–H and O–H groups in total. The van der Waals surface area contributed by atoms with Crippen molar-refractivity contribution in [3.05, 3.63) is 28.0 Å². The van der Waals surface area contributed by atoms with Crippen LogP contribution in [0.15, 0.2) is 12.3 Å². The van der Waals surface area contributed by atoms with E-state index in [9.17, 15) is 0 Å². The van der Waals surface area contributed by atoms with Gasteiger partial charge in [-0.3, -0.25) is 0 Å². The molecule has 0 aromatic carbocycles. The van der Waals surface area contributed by atoms with Crippen LogP contribution in [0.25, 0.3) is 0 Å². The van der Waals surface area contributed by atoms with Crippen LogP contribution < -0.4 is 0 Å². The van der Waals surface area contributed by atoms with Crippen LogP contribution >= 0.6 is 23.2 Å². The minimum absolute atomic E-state index is 0.403. The fraction of sp³-hybridized carbons (Fsp3) is 0.375. The molecule has 0 atom stereocenters. The van der Waals surface area contributed by atoms with Gasteiger partial charge in [-0.2, -0.15) is 0 Å². The van der Waals surface area contributed by atoms with Gasteiger partial charge < -0.3 is 4.74 Å². The lowest BCUT2D eigenvalue weighted by Gasteiger charge is -2.03. The Kier molecular flexibility index (Phi) is 3.79. The lowest BCUT2D eigenvalue weighted by atomic mass is 10.3. The number of hydrogen-bond acceptors (Lipinski definition) is 2. The Hall–Kier alpha value is -0.310. The Morgan fingerprint density at radius 2 is 2.25 bits per heavy atom. The molecular weight excluding hydrogens is 197 g/mol. The van der Waals surface area contributed by atoms with Crippen molar-refractivity contribution < 1.29 is 4.74 Å². The van der Waals surface area contributed by atoms with Crippen LogP contribution in [0.4, 0.5) is 0 Å². The summed E-state index contributed by atoms with van der Waals surface area (Å²) < 4.78 is 5.17. The van der Waals surface area contributed by atoms with E-state index in [2.05, 4.69) is 4.98 Å². The average molecular weight is 206 g/mol. The molecular formula is C8H9Cl2NO. The first-order valence-corrected chi connectivity index (χ1v) is 4.37. The van der Waals surface area contributed by atoms with Crippen LogP contribution in [0.1, 0.15) is 12.5 Å². The fourth-order valence-electron chi connectivity index (χ4n) is 0.754. The maximum atomic E-state index is 5.86. The smallest absolute Gasteiger partial charge is 0.130 e. The van der Waals surface area contributed by atoms with Gasteiger partial charge in [-0.15, -0.1) is 0 Å². The van der Waals surface area contributed by atoms with Crippen molar-refractivity contribution in [2.45, 2.75) is 13.5 Å². The van der Waals surface area contributed by atoms with Crippen LogP contribution in [-0.4, -0.2) is 11.6 Å². The lowest BCUT2D eigenvalue weighted by Crippen LogP contribution is -1.93. The summed E-state index contributed by atoms with van der Waals surface area (Å²) in [7, 11) is 0. The van der Waals surface area contributed by atoms with Gasteiger partial charge in [0.1, 0.15) is 5.15 Å². The van der Waals surface area contributed by atoms with E-state index in [0.717, 1.165) is 5.56 Å². The molecule has 0 spiro atoms. The Labute approximate surface area is 81.5 Å². The van der Waals surface area contributed by atoms with E-state index in [1.807, 2.05) is 6.92 Å². The zero-order valence-electron chi connectivity index (χ0n) is 6.68. The van der Waals surface area contributed by atoms with Gasteiger partial charge in [-0.05, 0) is 13.0 Å². The fourth-order valence-corrected chi connectivity index (χ4v) is 1.17. The molecule has 66 valence electrons. The summed E-state index contributed by atoms with van der Waals surface area (Å²) in [6.07, 6.45) is 1.63. The molecule has 0 saturated carbocycles. The van der Waals surface area contributed by atoms with E-state index in [1.165, 1.54) is 0 Å². The Bertz CT molecular complexity index is 265. The highest BCUT2D eigenvalue weighted by Gasteiger charge is 2.01. The van der Waals surface area contributed by atoms with Gasteiger partial charge in [0.25, 0.3) is 0 Å². The molecule has 12 heavy (non-hydrogen) atoms. The number of ether oxygens (including phenoxy) is 1. The second kappa shape index (κ2) is 4.65. The van der Waals surface area contributed by atoms with Crippen molar-refractivity contribution in [3.63, 3.8) is 0 Å². The summed E-state index contributed by atoms with van der Waals surface area (Å²) in [4.78, 5) is 3.89. The number of aromatic nitrogens is 1. The zero-order valence-corrected chi connectivity index (χ0v) is 8.19. The van der Waals surface area contributed by atoms with Crippen molar-refractivity contribution >= 4 is 23.2 Å². The molecule has 2 nitrogen and oxygen atoms in total. The number of halogens is 2. The molecule has 0 amide bonds. The minimum atomic E-state index is 0.403. The van der Waals surface area contributed by atoms with E-state index in [0.29, 0.717) is 23.4 Å². The highest BCUT2D eigenvalue weighted by Crippen LogP contribution is 2.18. The van der Waals surface area contributed by atoms with Crippen molar-refractivity contribution in [1.29, 1.82) is 0 Å². The molecule has 1 heterocycles. The molecule has 1 aromatic rings. The molecule has 0 bridgehead atoms.